The first-order valence-corrected chi connectivity index (χ1v) is 9.87. The van der Waals surface area contributed by atoms with Gasteiger partial charge in [-0.15, -0.1) is 0 Å². The highest BCUT2D eigenvalue weighted by atomic mass is 19.4. The number of benzene rings is 2. The molecule has 15 heteroatoms. The molecule has 0 radical (unpaired) electrons. The molecule has 0 amide bonds. The summed E-state index contributed by atoms with van der Waals surface area (Å²) >= 11 is 0. The third kappa shape index (κ3) is 5.57. The van der Waals surface area contributed by atoms with E-state index in [1.54, 1.807) is 0 Å². The van der Waals surface area contributed by atoms with Gasteiger partial charge in [0.25, 0.3) is 0 Å². The smallest absolute Gasteiger partial charge is 0.392 e. The van der Waals surface area contributed by atoms with Crippen molar-refractivity contribution in [2.24, 2.45) is 0 Å². The molecule has 1 heterocycles. The van der Waals surface area contributed by atoms with Crippen molar-refractivity contribution in [1.29, 1.82) is 0 Å². The number of alkyl halides is 12. The van der Waals surface area contributed by atoms with Gasteiger partial charge in [0.2, 0.25) is 0 Å². The fourth-order valence-corrected chi connectivity index (χ4v) is 3.95. The van der Waals surface area contributed by atoms with Crippen LogP contribution < -0.4 is 5.32 Å². The summed E-state index contributed by atoms with van der Waals surface area (Å²) in [5.74, 6) is 0. The van der Waals surface area contributed by atoms with Gasteiger partial charge in [0.05, 0.1) is 28.4 Å². The molecule has 3 rings (SSSR count). The van der Waals surface area contributed by atoms with Crippen LogP contribution in [0.3, 0.4) is 0 Å². The van der Waals surface area contributed by atoms with Gasteiger partial charge in [0, 0.05) is 12.6 Å². The lowest BCUT2D eigenvalue weighted by Crippen LogP contribution is -2.46. The Morgan fingerprint density at radius 3 is 1.06 bits per heavy atom. The van der Waals surface area contributed by atoms with E-state index in [2.05, 4.69) is 5.32 Å². The molecule has 1 aliphatic rings. The van der Waals surface area contributed by atoms with E-state index < -0.39 is 88.8 Å². The van der Waals surface area contributed by atoms with Gasteiger partial charge in [0.1, 0.15) is 5.60 Å². The first-order valence-electron chi connectivity index (χ1n) is 9.87. The summed E-state index contributed by atoms with van der Waals surface area (Å²) in [6, 6.07) is -2.35. The molecule has 2 atom stereocenters. The molecule has 1 saturated heterocycles. The number of hydrogen-bond acceptors (Lipinski definition) is 3. The fraction of sp³-hybridized carbons (Fsp3) is 0.429. The summed E-state index contributed by atoms with van der Waals surface area (Å²) in [5.41, 5.74) is -13.6. The largest absolute Gasteiger partial charge is 0.416 e. The van der Waals surface area contributed by atoms with E-state index >= 15 is 0 Å². The Kier molecular flexibility index (Phi) is 6.86. The van der Waals surface area contributed by atoms with Gasteiger partial charge < -0.3 is 15.5 Å². The normalized spacial score (nSPS) is 20.2. The van der Waals surface area contributed by atoms with Crippen LogP contribution in [0.15, 0.2) is 36.4 Å². The molecule has 0 unspecified atom stereocenters. The highest BCUT2D eigenvalue weighted by molar-refractivity contribution is 5.47. The number of aliphatic hydroxyl groups excluding tert-OH is 1. The summed E-state index contributed by atoms with van der Waals surface area (Å²) in [6.07, 6.45) is -23.7. The first-order chi connectivity index (χ1) is 16.1. The van der Waals surface area contributed by atoms with E-state index in [9.17, 15) is 62.9 Å². The minimum absolute atomic E-state index is 0.00907. The quantitative estimate of drug-likeness (QED) is 0.436. The molecule has 0 bridgehead atoms. The molecule has 200 valence electrons. The summed E-state index contributed by atoms with van der Waals surface area (Å²) in [5, 5.41) is 23.6. The number of β-amino-alcohol motifs (C(OH)–C–C–N with tert-alkyl or cyclic N) is 1. The Balaban J connectivity index is 2.42. The van der Waals surface area contributed by atoms with Crippen molar-refractivity contribution in [3.8, 4) is 0 Å². The Bertz CT molecular complexity index is 978. The average molecular weight is 541 g/mol. The molecular formula is C21H15F12NO2. The Morgan fingerprint density at radius 1 is 0.556 bits per heavy atom. The summed E-state index contributed by atoms with van der Waals surface area (Å²) in [4.78, 5) is 0. The van der Waals surface area contributed by atoms with Gasteiger partial charge in [-0.25, -0.2) is 0 Å². The zero-order valence-corrected chi connectivity index (χ0v) is 17.5. The molecule has 0 aromatic heterocycles. The van der Waals surface area contributed by atoms with Gasteiger partial charge >= 0.3 is 24.7 Å². The summed E-state index contributed by atoms with van der Waals surface area (Å²) < 4.78 is 161. The summed E-state index contributed by atoms with van der Waals surface area (Å²) in [7, 11) is 0. The third-order valence-electron chi connectivity index (χ3n) is 5.67. The van der Waals surface area contributed by atoms with E-state index in [0.717, 1.165) is 0 Å². The predicted molar refractivity (Wildman–Crippen MR) is 98.3 cm³/mol. The topological polar surface area (TPSA) is 52.5 Å². The number of halogens is 12. The minimum atomic E-state index is -5.43. The highest BCUT2D eigenvalue weighted by Gasteiger charge is 2.48. The van der Waals surface area contributed by atoms with Crippen molar-refractivity contribution < 1.29 is 62.9 Å². The van der Waals surface area contributed by atoms with E-state index in [1.165, 1.54) is 0 Å². The maximum absolute atomic E-state index is 13.4. The lowest BCUT2D eigenvalue weighted by atomic mass is 9.77. The SMILES string of the molecule is O[C@H]1CN[C@H](C(O)(c2cc(C(F)(F)F)cc(C(F)(F)F)c2)c2cc(C(F)(F)F)cc(C(F)(F)F)c2)C1. The van der Waals surface area contributed by atoms with E-state index in [1.807, 2.05) is 0 Å². The molecule has 1 aliphatic heterocycles. The van der Waals surface area contributed by atoms with Crippen molar-refractivity contribution in [3.05, 3.63) is 69.8 Å². The van der Waals surface area contributed by atoms with Crippen molar-refractivity contribution in [2.45, 2.75) is 48.9 Å². The molecule has 0 saturated carbocycles. The second kappa shape index (κ2) is 8.80. The minimum Gasteiger partial charge on any atom is -0.392 e. The lowest BCUT2D eigenvalue weighted by molar-refractivity contribution is -0.144. The second-order valence-corrected chi connectivity index (χ2v) is 8.21. The molecule has 3 nitrogen and oxygen atoms in total. The third-order valence-corrected chi connectivity index (χ3v) is 5.67. The molecule has 36 heavy (non-hydrogen) atoms. The Labute approximate surface area is 194 Å². The van der Waals surface area contributed by atoms with Crippen LogP contribution >= 0.6 is 0 Å². The maximum Gasteiger partial charge on any atom is 0.416 e. The van der Waals surface area contributed by atoms with Crippen LogP contribution in [0.25, 0.3) is 0 Å². The molecule has 2 aromatic carbocycles. The molecule has 0 aliphatic carbocycles. The molecule has 3 N–H and O–H groups in total. The van der Waals surface area contributed by atoms with Gasteiger partial charge in [-0.2, -0.15) is 52.7 Å². The number of aliphatic hydroxyl groups is 2. The van der Waals surface area contributed by atoms with Gasteiger partial charge in [-0.3, -0.25) is 0 Å². The molecule has 2 aromatic rings. The second-order valence-electron chi connectivity index (χ2n) is 8.21. The monoisotopic (exact) mass is 541 g/mol. The van der Waals surface area contributed by atoms with Crippen LogP contribution in [0, 0.1) is 0 Å². The van der Waals surface area contributed by atoms with Crippen molar-refractivity contribution in [3.63, 3.8) is 0 Å². The number of nitrogens with one attached hydrogen (secondary N) is 1. The standard InChI is InChI=1S/C21H15F12NO2/c22-18(23,24)11-1-9(2-12(5-11)19(25,26)27)17(36,16-7-15(35)8-34-16)10-3-13(20(28,29)30)6-14(4-10)21(31,32)33/h1-6,15-16,34-36H,7-8H2/t15-,16+/m1/s1. The zero-order valence-electron chi connectivity index (χ0n) is 17.5. The average Bonchev–Trinajstić information content (AvgIpc) is 3.16. The predicted octanol–water partition coefficient (Wildman–Crippen LogP) is 5.72. The van der Waals surface area contributed by atoms with Gasteiger partial charge in [-0.1, -0.05) is 0 Å². The fourth-order valence-electron chi connectivity index (χ4n) is 3.95. The lowest BCUT2D eigenvalue weighted by Gasteiger charge is -2.37. The van der Waals surface area contributed by atoms with Crippen LogP contribution in [0.2, 0.25) is 0 Å². The number of hydrogen-bond donors (Lipinski definition) is 3. The van der Waals surface area contributed by atoms with E-state index in [4.69, 9.17) is 0 Å². The van der Waals surface area contributed by atoms with Crippen LogP contribution in [-0.4, -0.2) is 28.9 Å². The van der Waals surface area contributed by atoms with Crippen molar-refractivity contribution >= 4 is 0 Å². The van der Waals surface area contributed by atoms with Gasteiger partial charge in [-0.05, 0) is 53.9 Å². The summed E-state index contributed by atoms with van der Waals surface area (Å²) in [6.45, 7) is -0.400. The van der Waals surface area contributed by atoms with E-state index in [0.29, 0.717) is 0 Å². The molecule has 1 fully saturated rings. The zero-order chi connectivity index (χ0) is 27.5. The molecular weight excluding hydrogens is 526 g/mol. The van der Waals surface area contributed by atoms with E-state index in [-0.39, 0.29) is 36.4 Å². The van der Waals surface area contributed by atoms with Crippen LogP contribution in [-0.2, 0) is 30.3 Å². The van der Waals surface area contributed by atoms with Gasteiger partial charge in [0.15, 0.2) is 0 Å². The van der Waals surface area contributed by atoms with Crippen LogP contribution in [0.5, 0.6) is 0 Å². The van der Waals surface area contributed by atoms with Crippen molar-refractivity contribution in [2.75, 3.05) is 6.54 Å². The Hall–Kier alpha value is -2.52. The number of rotatable bonds is 3. The van der Waals surface area contributed by atoms with Crippen LogP contribution in [0.1, 0.15) is 39.8 Å². The Morgan fingerprint density at radius 2 is 0.833 bits per heavy atom. The highest BCUT2D eigenvalue weighted by Crippen LogP contribution is 2.45. The molecule has 0 spiro atoms. The van der Waals surface area contributed by atoms with Crippen LogP contribution in [0.4, 0.5) is 52.7 Å². The maximum atomic E-state index is 13.4. The first kappa shape index (κ1) is 28.1. The van der Waals surface area contributed by atoms with Crippen molar-refractivity contribution in [1.82, 2.24) is 5.32 Å².